The number of carbonyl (C=O) groups is 1. The zero-order valence-electron chi connectivity index (χ0n) is 6.80. The number of ether oxygens (including phenoxy) is 1. The van der Waals surface area contributed by atoms with Crippen molar-refractivity contribution in [2.45, 2.75) is 13.8 Å². The van der Waals surface area contributed by atoms with Crippen molar-refractivity contribution in [3.05, 3.63) is 28.2 Å². The fourth-order valence-corrected chi connectivity index (χ4v) is 1.14. The molecule has 0 spiro atoms. The van der Waals surface area contributed by atoms with Gasteiger partial charge in [0.15, 0.2) is 0 Å². The van der Waals surface area contributed by atoms with E-state index in [4.69, 9.17) is 27.9 Å². The molecule has 0 unspecified atom stereocenters. The summed E-state index contributed by atoms with van der Waals surface area (Å²) in [4.78, 5) is 10.0. The van der Waals surface area contributed by atoms with Crippen LogP contribution in [0, 0.1) is 0 Å². The van der Waals surface area contributed by atoms with Gasteiger partial charge in [-0.15, -0.1) is 0 Å². The molecule has 0 amide bonds. The van der Waals surface area contributed by atoms with Crippen LogP contribution >= 0.6 is 23.2 Å². The van der Waals surface area contributed by atoms with Gasteiger partial charge in [-0.3, -0.25) is 0 Å². The fourth-order valence-electron chi connectivity index (χ4n) is 0.805. The van der Waals surface area contributed by atoms with E-state index in [-0.39, 0.29) is 7.43 Å². The minimum Gasteiger partial charge on any atom is -0.492 e. The lowest BCUT2D eigenvalue weighted by atomic mass is 10.3. The molecule has 4 heteroatoms. The van der Waals surface area contributed by atoms with Gasteiger partial charge >= 0.3 is 0 Å². The number of carbonyl (C=O) groups excluding carboxylic acids is 1. The van der Waals surface area contributed by atoms with Crippen molar-refractivity contribution in [3.63, 3.8) is 0 Å². The summed E-state index contributed by atoms with van der Waals surface area (Å²) in [5.41, 5.74) is 0. The molecule has 0 aliphatic heterocycles. The number of benzene rings is 1. The topological polar surface area (TPSA) is 26.3 Å². The molecule has 0 N–H and O–H groups in total. The Kier molecular flexibility index (Phi) is 6.34. The molecule has 0 saturated carbocycles. The standard InChI is InChI=1S/C9H8Cl2O2.CH4/c10-7-2-3-8(11)9(6-7)13-5-1-4-12;/h2-4,6H,1,5H2;1H4. The number of halogens is 2. The first kappa shape index (κ1) is 13.3. The smallest absolute Gasteiger partial charge is 0.139 e. The summed E-state index contributed by atoms with van der Waals surface area (Å²) in [7, 11) is 0. The number of rotatable bonds is 4. The van der Waals surface area contributed by atoms with Gasteiger partial charge in [0.1, 0.15) is 12.0 Å². The van der Waals surface area contributed by atoms with Gasteiger partial charge in [-0.1, -0.05) is 30.6 Å². The Bertz CT molecular complexity index is 300. The van der Waals surface area contributed by atoms with Gasteiger partial charge in [-0.05, 0) is 12.1 Å². The average molecular weight is 235 g/mol. The molecule has 1 rings (SSSR count). The SMILES string of the molecule is C.O=CCCOc1cc(Cl)ccc1Cl. The Morgan fingerprint density at radius 2 is 2.07 bits per heavy atom. The lowest BCUT2D eigenvalue weighted by Crippen LogP contribution is -1.97. The van der Waals surface area contributed by atoms with Crippen LogP contribution in [0.2, 0.25) is 10.0 Å². The monoisotopic (exact) mass is 234 g/mol. The first-order chi connectivity index (χ1) is 6.24. The van der Waals surface area contributed by atoms with Crippen molar-refractivity contribution in [2.24, 2.45) is 0 Å². The van der Waals surface area contributed by atoms with Crippen LogP contribution < -0.4 is 4.74 Å². The van der Waals surface area contributed by atoms with Gasteiger partial charge in [0.25, 0.3) is 0 Å². The summed E-state index contributed by atoms with van der Waals surface area (Å²) < 4.78 is 5.21. The van der Waals surface area contributed by atoms with Crippen LogP contribution in [0.1, 0.15) is 13.8 Å². The van der Waals surface area contributed by atoms with Gasteiger partial charge in [-0.25, -0.2) is 0 Å². The van der Waals surface area contributed by atoms with Gasteiger partial charge in [0.05, 0.1) is 11.6 Å². The molecule has 0 atom stereocenters. The second kappa shape index (κ2) is 6.68. The third-order valence-electron chi connectivity index (χ3n) is 1.39. The third-order valence-corrected chi connectivity index (χ3v) is 1.93. The van der Waals surface area contributed by atoms with E-state index in [0.717, 1.165) is 6.29 Å². The highest BCUT2D eigenvalue weighted by Crippen LogP contribution is 2.27. The number of aldehydes is 1. The summed E-state index contributed by atoms with van der Waals surface area (Å²) in [6, 6.07) is 4.95. The van der Waals surface area contributed by atoms with E-state index in [1.807, 2.05) is 0 Å². The summed E-state index contributed by atoms with van der Waals surface area (Å²) in [6.45, 7) is 0.323. The van der Waals surface area contributed by atoms with Crippen LogP contribution in [0.3, 0.4) is 0 Å². The first-order valence-corrected chi connectivity index (χ1v) is 4.51. The van der Waals surface area contributed by atoms with E-state index in [0.29, 0.717) is 28.8 Å². The predicted molar refractivity (Wildman–Crippen MR) is 59.4 cm³/mol. The van der Waals surface area contributed by atoms with E-state index >= 15 is 0 Å². The molecule has 0 radical (unpaired) electrons. The van der Waals surface area contributed by atoms with Crippen LogP contribution in [0.5, 0.6) is 5.75 Å². The Hall–Kier alpha value is -0.730. The molecule has 0 saturated heterocycles. The van der Waals surface area contributed by atoms with Crippen molar-refractivity contribution in [1.29, 1.82) is 0 Å². The molecule has 1 aromatic carbocycles. The lowest BCUT2D eigenvalue weighted by molar-refractivity contribution is -0.108. The maximum absolute atomic E-state index is 10.0. The molecule has 0 bridgehead atoms. The molecule has 14 heavy (non-hydrogen) atoms. The second-order valence-electron chi connectivity index (χ2n) is 2.38. The van der Waals surface area contributed by atoms with Crippen LogP contribution in [-0.2, 0) is 4.79 Å². The van der Waals surface area contributed by atoms with Gasteiger partial charge in [-0.2, -0.15) is 0 Å². The molecular weight excluding hydrogens is 223 g/mol. The van der Waals surface area contributed by atoms with E-state index in [2.05, 4.69) is 0 Å². The quantitative estimate of drug-likeness (QED) is 0.588. The van der Waals surface area contributed by atoms with E-state index in [9.17, 15) is 4.79 Å². The number of hydrogen-bond donors (Lipinski definition) is 0. The van der Waals surface area contributed by atoms with Crippen LogP contribution in [0.15, 0.2) is 18.2 Å². The van der Waals surface area contributed by atoms with Crippen molar-refractivity contribution in [3.8, 4) is 5.75 Å². The second-order valence-corrected chi connectivity index (χ2v) is 3.22. The van der Waals surface area contributed by atoms with Crippen molar-refractivity contribution in [2.75, 3.05) is 6.61 Å². The highest BCUT2D eigenvalue weighted by Gasteiger charge is 2.01. The highest BCUT2D eigenvalue weighted by atomic mass is 35.5. The van der Waals surface area contributed by atoms with Gasteiger partial charge in [0.2, 0.25) is 0 Å². The maximum Gasteiger partial charge on any atom is 0.139 e. The summed E-state index contributed by atoms with van der Waals surface area (Å²) in [6.07, 6.45) is 1.14. The van der Waals surface area contributed by atoms with Gasteiger partial charge in [0, 0.05) is 17.5 Å². The molecule has 78 valence electrons. The van der Waals surface area contributed by atoms with E-state index in [1.54, 1.807) is 18.2 Å². The zero-order valence-corrected chi connectivity index (χ0v) is 8.31. The van der Waals surface area contributed by atoms with Gasteiger partial charge < -0.3 is 9.53 Å². The first-order valence-electron chi connectivity index (χ1n) is 3.75. The molecule has 0 aromatic heterocycles. The van der Waals surface area contributed by atoms with Crippen LogP contribution in [0.25, 0.3) is 0 Å². The Balaban J connectivity index is 0.00000169. The van der Waals surface area contributed by atoms with Crippen LogP contribution in [-0.4, -0.2) is 12.9 Å². The normalized spacial score (nSPS) is 9.00. The predicted octanol–water partition coefficient (Wildman–Crippen LogP) is 3.60. The molecule has 0 aliphatic rings. The molecule has 1 aromatic rings. The minimum absolute atomic E-state index is 0. The summed E-state index contributed by atoms with van der Waals surface area (Å²) >= 11 is 11.5. The Labute approximate surface area is 93.8 Å². The summed E-state index contributed by atoms with van der Waals surface area (Å²) in [5, 5.41) is 1.06. The van der Waals surface area contributed by atoms with Crippen molar-refractivity contribution in [1.82, 2.24) is 0 Å². The van der Waals surface area contributed by atoms with E-state index in [1.165, 1.54) is 0 Å². The Morgan fingerprint density at radius 1 is 1.36 bits per heavy atom. The molecule has 0 aliphatic carbocycles. The molecule has 2 nitrogen and oxygen atoms in total. The Morgan fingerprint density at radius 3 is 2.71 bits per heavy atom. The summed E-state index contributed by atoms with van der Waals surface area (Å²) in [5.74, 6) is 0.510. The third kappa shape index (κ3) is 3.99. The van der Waals surface area contributed by atoms with Crippen molar-refractivity contribution < 1.29 is 9.53 Å². The maximum atomic E-state index is 10.0. The van der Waals surface area contributed by atoms with E-state index < -0.39 is 0 Å². The average Bonchev–Trinajstić information content (AvgIpc) is 2.11. The largest absolute Gasteiger partial charge is 0.492 e. The minimum atomic E-state index is 0. The lowest BCUT2D eigenvalue weighted by Gasteiger charge is -2.05. The molecular formula is C10H12Cl2O2. The van der Waals surface area contributed by atoms with Crippen LogP contribution in [0.4, 0.5) is 0 Å². The fraction of sp³-hybridized carbons (Fsp3) is 0.300. The number of hydrogen-bond acceptors (Lipinski definition) is 2. The molecule has 0 fully saturated rings. The highest BCUT2D eigenvalue weighted by molar-refractivity contribution is 6.34. The van der Waals surface area contributed by atoms with Crippen molar-refractivity contribution >= 4 is 29.5 Å². The molecule has 0 heterocycles. The zero-order chi connectivity index (χ0) is 9.68.